The van der Waals surface area contributed by atoms with Crippen LogP contribution in [0.25, 0.3) is 0 Å². The molecule has 2 aliphatic heterocycles. The molecule has 1 atom stereocenters. The van der Waals surface area contributed by atoms with Crippen LogP contribution >= 0.6 is 0 Å². The molecule has 0 aliphatic carbocycles. The van der Waals surface area contributed by atoms with Crippen LogP contribution in [-0.4, -0.2) is 54.8 Å². The van der Waals surface area contributed by atoms with E-state index < -0.39 is 5.60 Å². The third-order valence-electron chi connectivity index (χ3n) is 5.41. The molecule has 2 fully saturated rings. The molecule has 0 bridgehead atoms. The number of nitrogens with one attached hydrogen (secondary N) is 1. The summed E-state index contributed by atoms with van der Waals surface area (Å²) in [5, 5.41) is 2.64. The summed E-state index contributed by atoms with van der Waals surface area (Å²) in [5.41, 5.74) is 1.25. The Kier molecular flexibility index (Phi) is 5.47. The Balaban J connectivity index is 1.57. The van der Waals surface area contributed by atoms with Crippen LogP contribution in [0, 0.1) is 0 Å². The van der Waals surface area contributed by atoms with Crippen molar-refractivity contribution in [1.29, 1.82) is 0 Å². The number of benzene rings is 1. The Bertz CT molecular complexity index is 685. The highest BCUT2D eigenvalue weighted by atomic mass is 16.6. The monoisotopic (exact) mass is 374 g/mol. The van der Waals surface area contributed by atoms with Crippen molar-refractivity contribution < 1.29 is 19.1 Å². The number of ether oxygens (including phenoxy) is 2. The number of carbonyl (C=O) groups is 2. The zero-order valence-electron chi connectivity index (χ0n) is 16.7. The molecule has 2 heterocycles. The molecular formula is C21H30N2O4. The molecule has 3 rings (SSSR count). The van der Waals surface area contributed by atoms with Gasteiger partial charge in [0, 0.05) is 31.6 Å². The Labute approximate surface area is 161 Å². The van der Waals surface area contributed by atoms with Crippen molar-refractivity contribution in [3.05, 3.63) is 35.4 Å². The zero-order chi connectivity index (χ0) is 19.7. The van der Waals surface area contributed by atoms with Gasteiger partial charge in [0.15, 0.2) is 0 Å². The fourth-order valence-electron chi connectivity index (χ4n) is 3.88. The number of amides is 2. The molecule has 27 heavy (non-hydrogen) atoms. The molecular weight excluding hydrogens is 344 g/mol. The number of hydrogen-bond donors (Lipinski definition) is 1. The van der Waals surface area contributed by atoms with Crippen molar-refractivity contribution in [2.45, 2.75) is 57.2 Å². The Morgan fingerprint density at radius 1 is 1.19 bits per heavy atom. The molecule has 1 aromatic carbocycles. The first-order chi connectivity index (χ1) is 12.7. The van der Waals surface area contributed by atoms with Crippen LogP contribution in [-0.2, 0) is 9.47 Å². The normalized spacial score (nSPS) is 21.9. The summed E-state index contributed by atoms with van der Waals surface area (Å²) in [7, 11) is 1.63. The average Bonchev–Trinajstić information content (AvgIpc) is 3.04. The van der Waals surface area contributed by atoms with Crippen LogP contribution in [0.3, 0.4) is 0 Å². The fraction of sp³-hybridized carbons (Fsp3) is 0.619. The predicted octanol–water partition coefficient (Wildman–Crippen LogP) is 3.32. The van der Waals surface area contributed by atoms with E-state index in [9.17, 15) is 9.59 Å². The lowest BCUT2D eigenvalue weighted by Gasteiger charge is -2.39. The topological polar surface area (TPSA) is 67.9 Å². The molecule has 2 aliphatic rings. The second-order valence-electron chi connectivity index (χ2n) is 8.56. The molecule has 1 unspecified atom stereocenters. The van der Waals surface area contributed by atoms with Gasteiger partial charge in [0.05, 0.1) is 12.2 Å². The maximum Gasteiger partial charge on any atom is 0.410 e. The molecule has 1 spiro atoms. The molecule has 2 saturated heterocycles. The van der Waals surface area contributed by atoms with Gasteiger partial charge in [-0.3, -0.25) is 4.79 Å². The summed E-state index contributed by atoms with van der Waals surface area (Å²) in [6.07, 6.45) is 2.38. The summed E-state index contributed by atoms with van der Waals surface area (Å²) in [6, 6.07) is 7.77. The maximum absolute atomic E-state index is 12.2. The van der Waals surface area contributed by atoms with E-state index in [-0.39, 0.29) is 17.6 Å². The Hall–Kier alpha value is -2.08. The standard InChI is InChI=1S/C21H30N2O4/c1-20(2,3)27-19(25)23-11-9-21(10-12-23)13-17(14-26-21)15-5-7-16(8-6-15)18(24)22-4/h5-8,17H,9-14H2,1-4H3,(H,22,24). The van der Waals surface area contributed by atoms with E-state index in [1.54, 1.807) is 11.9 Å². The minimum atomic E-state index is -0.470. The van der Waals surface area contributed by atoms with Crippen LogP contribution in [0.2, 0.25) is 0 Å². The van der Waals surface area contributed by atoms with Crippen molar-refractivity contribution in [2.75, 3.05) is 26.7 Å². The molecule has 0 radical (unpaired) electrons. The highest BCUT2D eigenvalue weighted by molar-refractivity contribution is 5.93. The Morgan fingerprint density at radius 2 is 1.81 bits per heavy atom. The van der Waals surface area contributed by atoms with Gasteiger partial charge in [0.25, 0.3) is 5.91 Å². The third-order valence-corrected chi connectivity index (χ3v) is 5.41. The van der Waals surface area contributed by atoms with Crippen LogP contribution < -0.4 is 5.32 Å². The summed E-state index contributed by atoms with van der Waals surface area (Å²) in [6.45, 7) is 7.67. The molecule has 148 valence electrons. The first-order valence-electron chi connectivity index (χ1n) is 9.65. The van der Waals surface area contributed by atoms with E-state index in [2.05, 4.69) is 5.32 Å². The van der Waals surface area contributed by atoms with Crippen molar-refractivity contribution >= 4 is 12.0 Å². The predicted molar refractivity (Wildman–Crippen MR) is 103 cm³/mol. The molecule has 6 heteroatoms. The molecule has 2 amide bonds. The van der Waals surface area contributed by atoms with E-state index in [1.165, 1.54) is 5.56 Å². The van der Waals surface area contributed by atoms with E-state index in [0.717, 1.165) is 19.3 Å². The van der Waals surface area contributed by atoms with Gasteiger partial charge in [-0.15, -0.1) is 0 Å². The van der Waals surface area contributed by atoms with Gasteiger partial charge in [0.2, 0.25) is 0 Å². The largest absolute Gasteiger partial charge is 0.444 e. The lowest BCUT2D eigenvalue weighted by atomic mass is 9.83. The van der Waals surface area contributed by atoms with E-state index in [1.807, 2.05) is 45.0 Å². The fourth-order valence-corrected chi connectivity index (χ4v) is 3.88. The van der Waals surface area contributed by atoms with Gasteiger partial charge in [-0.1, -0.05) is 12.1 Å². The van der Waals surface area contributed by atoms with Crippen molar-refractivity contribution in [3.63, 3.8) is 0 Å². The number of piperidine rings is 1. The quantitative estimate of drug-likeness (QED) is 0.862. The van der Waals surface area contributed by atoms with Crippen LogP contribution in [0.4, 0.5) is 4.79 Å². The lowest BCUT2D eigenvalue weighted by Crippen LogP contribution is -2.47. The van der Waals surface area contributed by atoms with Crippen LogP contribution in [0.15, 0.2) is 24.3 Å². The molecule has 6 nitrogen and oxygen atoms in total. The minimum Gasteiger partial charge on any atom is -0.444 e. The van der Waals surface area contributed by atoms with Crippen molar-refractivity contribution in [3.8, 4) is 0 Å². The summed E-state index contributed by atoms with van der Waals surface area (Å²) in [4.78, 5) is 25.7. The maximum atomic E-state index is 12.2. The van der Waals surface area contributed by atoms with Crippen LogP contribution in [0.5, 0.6) is 0 Å². The SMILES string of the molecule is CNC(=O)c1ccc(C2COC3(CCN(C(=O)OC(C)(C)C)CC3)C2)cc1. The summed E-state index contributed by atoms with van der Waals surface area (Å²) < 4.78 is 11.7. The molecule has 0 saturated carbocycles. The summed E-state index contributed by atoms with van der Waals surface area (Å²) >= 11 is 0. The number of carbonyl (C=O) groups excluding carboxylic acids is 2. The van der Waals surface area contributed by atoms with Gasteiger partial charge in [-0.05, 0) is 57.7 Å². The second kappa shape index (κ2) is 7.50. The molecule has 1 aromatic rings. The minimum absolute atomic E-state index is 0.0739. The highest BCUT2D eigenvalue weighted by Crippen LogP contribution is 2.42. The van der Waals surface area contributed by atoms with E-state index in [4.69, 9.17) is 9.47 Å². The zero-order valence-corrected chi connectivity index (χ0v) is 16.7. The van der Waals surface area contributed by atoms with E-state index >= 15 is 0 Å². The third kappa shape index (κ3) is 4.61. The van der Waals surface area contributed by atoms with Crippen molar-refractivity contribution in [1.82, 2.24) is 10.2 Å². The smallest absolute Gasteiger partial charge is 0.410 e. The van der Waals surface area contributed by atoms with Gasteiger partial charge in [0.1, 0.15) is 5.60 Å². The number of hydrogen-bond acceptors (Lipinski definition) is 4. The number of likely N-dealkylation sites (tertiary alicyclic amines) is 1. The first-order valence-corrected chi connectivity index (χ1v) is 9.65. The van der Waals surface area contributed by atoms with Gasteiger partial charge < -0.3 is 19.7 Å². The highest BCUT2D eigenvalue weighted by Gasteiger charge is 2.44. The van der Waals surface area contributed by atoms with Crippen LogP contribution in [0.1, 0.15) is 61.9 Å². The average molecular weight is 374 g/mol. The lowest BCUT2D eigenvalue weighted by molar-refractivity contribution is -0.0485. The summed E-state index contributed by atoms with van der Waals surface area (Å²) in [5.74, 6) is 0.257. The molecule has 0 aromatic heterocycles. The van der Waals surface area contributed by atoms with Gasteiger partial charge in [-0.2, -0.15) is 0 Å². The second-order valence-corrected chi connectivity index (χ2v) is 8.56. The van der Waals surface area contributed by atoms with Crippen molar-refractivity contribution in [2.24, 2.45) is 0 Å². The molecule has 1 N–H and O–H groups in total. The number of nitrogens with zero attached hydrogens (tertiary/aromatic N) is 1. The Morgan fingerprint density at radius 3 is 2.37 bits per heavy atom. The van der Waals surface area contributed by atoms with Gasteiger partial charge in [-0.25, -0.2) is 4.79 Å². The first kappa shape index (κ1) is 19.7. The van der Waals surface area contributed by atoms with E-state index in [0.29, 0.717) is 31.2 Å². The number of rotatable bonds is 2. The van der Waals surface area contributed by atoms with Gasteiger partial charge >= 0.3 is 6.09 Å².